The molecule has 1 saturated heterocycles. The van der Waals surface area contributed by atoms with Crippen molar-refractivity contribution in [2.45, 2.75) is 59.9 Å². The van der Waals surface area contributed by atoms with Gasteiger partial charge in [0.15, 0.2) is 12.4 Å². The molecule has 2 aliphatic rings. The van der Waals surface area contributed by atoms with Gasteiger partial charge in [0.2, 0.25) is 17.6 Å². The minimum Gasteiger partial charge on any atom is -0.456 e. The number of hydrogen-bond acceptors (Lipinski definition) is 7. The minimum atomic E-state index is -1.04. The number of amides is 2. The van der Waals surface area contributed by atoms with Crippen molar-refractivity contribution in [1.82, 2.24) is 14.6 Å². The highest BCUT2D eigenvalue weighted by atomic mass is 16.5. The molecule has 9 nitrogen and oxygen atoms in total. The van der Waals surface area contributed by atoms with Crippen LogP contribution in [0.2, 0.25) is 0 Å². The van der Waals surface area contributed by atoms with Crippen LogP contribution in [0, 0.1) is 38.5 Å². The molecule has 3 atom stereocenters. The number of likely N-dealkylation sites (tertiary alicyclic amines) is 1. The number of carbonyl (C=O) groups excluding carboxylic acids is 4. The van der Waals surface area contributed by atoms with Crippen LogP contribution in [0.15, 0.2) is 28.8 Å². The summed E-state index contributed by atoms with van der Waals surface area (Å²) in [6, 6.07) is 2.44. The molecule has 0 aromatic carbocycles. The Kier molecular flexibility index (Phi) is 6.78. The lowest BCUT2D eigenvalue weighted by atomic mass is 9.85. The van der Waals surface area contributed by atoms with Crippen LogP contribution in [0.3, 0.4) is 0 Å². The Hall–Kier alpha value is -3.49. The molecule has 0 saturated carbocycles. The van der Waals surface area contributed by atoms with Crippen LogP contribution < -0.4 is 0 Å². The van der Waals surface area contributed by atoms with E-state index in [1.807, 2.05) is 32.9 Å². The second-order valence-corrected chi connectivity index (χ2v) is 9.79. The molecule has 2 amide bonds. The van der Waals surface area contributed by atoms with Crippen LogP contribution in [0.1, 0.15) is 60.6 Å². The summed E-state index contributed by atoms with van der Waals surface area (Å²) in [4.78, 5) is 53.3. The van der Waals surface area contributed by atoms with Crippen LogP contribution in [-0.2, 0) is 19.1 Å². The molecule has 35 heavy (non-hydrogen) atoms. The van der Waals surface area contributed by atoms with Gasteiger partial charge >= 0.3 is 5.97 Å². The van der Waals surface area contributed by atoms with Gasteiger partial charge < -0.3 is 9.26 Å². The van der Waals surface area contributed by atoms with Gasteiger partial charge in [-0.25, -0.2) is 4.79 Å². The van der Waals surface area contributed by atoms with Crippen molar-refractivity contribution < 1.29 is 28.4 Å². The topological polar surface area (TPSA) is 112 Å². The van der Waals surface area contributed by atoms with Crippen molar-refractivity contribution in [2.24, 2.45) is 17.8 Å². The Morgan fingerprint density at radius 1 is 1.09 bits per heavy atom. The predicted octanol–water partition coefficient (Wildman–Crippen LogP) is 3.48. The highest BCUT2D eigenvalue weighted by Gasteiger charge is 2.51. The van der Waals surface area contributed by atoms with E-state index in [-0.39, 0.29) is 29.9 Å². The van der Waals surface area contributed by atoms with Gasteiger partial charge in [0.05, 0.1) is 11.8 Å². The fraction of sp³-hybridized carbons (Fsp3) is 0.500. The highest BCUT2D eigenvalue weighted by molar-refractivity contribution is 6.08. The number of imide groups is 1. The summed E-state index contributed by atoms with van der Waals surface area (Å²) in [7, 11) is 0. The average Bonchev–Trinajstić information content (AvgIpc) is 3.44. The van der Waals surface area contributed by atoms with E-state index in [0.29, 0.717) is 35.7 Å². The maximum Gasteiger partial charge on any atom is 0.329 e. The summed E-state index contributed by atoms with van der Waals surface area (Å²) in [5.41, 5.74) is 1.84. The zero-order valence-electron chi connectivity index (χ0n) is 20.7. The van der Waals surface area contributed by atoms with Gasteiger partial charge in [0.25, 0.3) is 0 Å². The maximum atomic E-state index is 13.1. The number of allylic oxidation sites excluding steroid dienone is 2. The number of ketones is 1. The monoisotopic (exact) mass is 481 g/mol. The van der Waals surface area contributed by atoms with Gasteiger partial charge in [-0.2, -0.15) is 0 Å². The molecule has 3 heterocycles. The second-order valence-electron chi connectivity index (χ2n) is 9.79. The quantitative estimate of drug-likeness (QED) is 0.246. The van der Waals surface area contributed by atoms with Gasteiger partial charge in [-0.3, -0.25) is 23.9 Å². The van der Waals surface area contributed by atoms with E-state index < -0.39 is 30.5 Å². The van der Waals surface area contributed by atoms with Gasteiger partial charge in [-0.15, -0.1) is 0 Å². The molecule has 2 aromatic heterocycles. The number of hydrogen-bond donors (Lipinski definition) is 0. The van der Waals surface area contributed by atoms with E-state index in [9.17, 15) is 19.2 Å². The van der Waals surface area contributed by atoms with Gasteiger partial charge in [0, 0.05) is 23.0 Å². The molecule has 186 valence electrons. The molecule has 3 unspecified atom stereocenters. The predicted molar refractivity (Wildman–Crippen MR) is 126 cm³/mol. The SMILES string of the molecule is Cc1cc(-n2c(C)cc(C(=O)COC(=O)C(CC(C)C)N3C(=O)C4CC=CCC4C3=O)c2C)no1. The van der Waals surface area contributed by atoms with Crippen molar-refractivity contribution >= 4 is 23.6 Å². The van der Waals surface area contributed by atoms with Crippen LogP contribution >= 0.6 is 0 Å². The first-order valence-corrected chi connectivity index (χ1v) is 11.9. The summed E-state index contributed by atoms with van der Waals surface area (Å²) in [5, 5.41) is 4.01. The lowest BCUT2D eigenvalue weighted by molar-refractivity contribution is -0.158. The normalized spacial score (nSPS) is 20.5. The van der Waals surface area contributed by atoms with Crippen LogP contribution in [0.5, 0.6) is 0 Å². The number of aromatic nitrogens is 2. The van der Waals surface area contributed by atoms with Crippen molar-refractivity contribution in [3.05, 3.63) is 47.0 Å². The first-order chi connectivity index (χ1) is 16.6. The first-order valence-electron chi connectivity index (χ1n) is 11.9. The maximum absolute atomic E-state index is 13.1. The Bertz CT molecular complexity index is 1180. The Balaban J connectivity index is 1.49. The van der Waals surface area contributed by atoms with E-state index in [0.717, 1.165) is 10.6 Å². The number of esters is 1. The standard InChI is InChI=1S/C26H31N3O6/c1-14(2)10-21(29-24(31)18-8-6-7-9-19(18)25(29)32)26(33)34-13-22(30)20-11-15(3)28(17(20)5)23-12-16(4)35-27-23/h6-7,11-12,14,18-19,21H,8-10,13H2,1-5H3. The van der Waals surface area contributed by atoms with E-state index in [4.69, 9.17) is 9.26 Å². The van der Waals surface area contributed by atoms with Crippen LogP contribution in [0.4, 0.5) is 0 Å². The molecular weight excluding hydrogens is 450 g/mol. The zero-order valence-corrected chi connectivity index (χ0v) is 20.7. The summed E-state index contributed by atoms with van der Waals surface area (Å²) >= 11 is 0. The first kappa shape index (κ1) is 24.6. The molecule has 0 radical (unpaired) electrons. The highest BCUT2D eigenvalue weighted by Crippen LogP contribution is 2.37. The Morgan fingerprint density at radius 3 is 2.26 bits per heavy atom. The van der Waals surface area contributed by atoms with Crippen LogP contribution in [0.25, 0.3) is 5.82 Å². The van der Waals surface area contributed by atoms with E-state index in [2.05, 4.69) is 5.16 Å². The number of fused-ring (bicyclic) bond motifs is 1. The largest absolute Gasteiger partial charge is 0.456 e. The average molecular weight is 482 g/mol. The van der Waals surface area contributed by atoms with E-state index >= 15 is 0 Å². The Morgan fingerprint density at radius 2 is 1.71 bits per heavy atom. The summed E-state index contributed by atoms with van der Waals surface area (Å²) < 4.78 is 12.3. The molecule has 2 aromatic rings. The second kappa shape index (κ2) is 9.64. The van der Waals surface area contributed by atoms with E-state index in [1.54, 1.807) is 30.5 Å². The van der Waals surface area contributed by atoms with Crippen LogP contribution in [-0.4, -0.2) is 50.8 Å². The smallest absolute Gasteiger partial charge is 0.329 e. The lowest BCUT2D eigenvalue weighted by Gasteiger charge is -2.26. The fourth-order valence-electron chi connectivity index (χ4n) is 5.05. The van der Waals surface area contributed by atoms with E-state index in [1.165, 1.54) is 0 Å². The number of carbonyl (C=O) groups is 4. The van der Waals surface area contributed by atoms with Crippen molar-refractivity contribution in [2.75, 3.05) is 6.61 Å². The Labute approximate surface area is 204 Å². The lowest BCUT2D eigenvalue weighted by Crippen LogP contribution is -2.47. The summed E-state index contributed by atoms with van der Waals surface area (Å²) in [6.07, 6.45) is 5.07. The van der Waals surface area contributed by atoms with Gasteiger partial charge in [0.1, 0.15) is 11.8 Å². The molecule has 4 rings (SSSR count). The molecular formula is C26H31N3O6. The number of Topliss-reactive ketones (excluding diaryl/α,β-unsaturated/α-hetero) is 1. The number of ether oxygens (including phenoxy) is 1. The summed E-state index contributed by atoms with van der Waals surface area (Å²) in [6.45, 7) is 8.74. The minimum absolute atomic E-state index is 0.0365. The number of aryl methyl sites for hydroxylation is 2. The molecule has 1 aliphatic heterocycles. The molecule has 0 spiro atoms. The molecule has 1 fully saturated rings. The van der Waals surface area contributed by atoms with Crippen molar-refractivity contribution in [3.63, 3.8) is 0 Å². The summed E-state index contributed by atoms with van der Waals surface area (Å²) in [5.74, 6) is -1.38. The fourth-order valence-corrected chi connectivity index (χ4v) is 5.05. The molecule has 9 heteroatoms. The van der Waals surface area contributed by atoms with Crippen molar-refractivity contribution in [3.8, 4) is 5.82 Å². The van der Waals surface area contributed by atoms with Crippen molar-refractivity contribution in [1.29, 1.82) is 0 Å². The molecule has 0 bridgehead atoms. The van der Waals surface area contributed by atoms with Gasteiger partial charge in [-0.1, -0.05) is 31.2 Å². The molecule has 1 aliphatic carbocycles. The number of rotatable bonds is 8. The third kappa shape index (κ3) is 4.59. The zero-order chi connectivity index (χ0) is 25.4. The third-order valence-corrected chi connectivity index (χ3v) is 6.74. The number of nitrogens with zero attached hydrogens (tertiary/aromatic N) is 3. The third-order valence-electron chi connectivity index (χ3n) is 6.74. The van der Waals surface area contributed by atoms with Gasteiger partial charge in [-0.05, 0) is 52.0 Å². The molecule has 0 N–H and O–H groups in total.